The van der Waals surface area contributed by atoms with Gasteiger partial charge in [-0.1, -0.05) is 72.8 Å². The first-order valence-corrected chi connectivity index (χ1v) is 14.0. The first kappa shape index (κ1) is 26.6. The van der Waals surface area contributed by atoms with Crippen LogP contribution in [0.5, 0.6) is 0 Å². The number of likely N-dealkylation sites (tertiary alicyclic amines) is 1. The molecule has 0 saturated carbocycles. The van der Waals surface area contributed by atoms with E-state index in [2.05, 4.69) is 53.4 Å². The first-order chi connectivity index (χ1) is 19.1. The van der Waals surface area contributed by atoms with Gasteiger partial charge >= 0.3 is 0 Å². The SMILES string of the molecule is NCc1ccccc1-c1ccc([C@@H]2O[C@H](CN3CCC4(CC3)OCCO4)C[C@H](c3ccc(CO)cc3)O2)cc1. The minimum Gasteiger partial charge on any atom is -0.392 e. The third-order valence-electron chi connectivity index (χ3n) is 8.24. The van der Waals surface area contributed by atoms with Crippen LogP contribution in [0.25, 0.3) is 11.1 Å². The van der Waals surface area contributed by atoms with Crippen molar-refractivity contribution < 1.29 is 24.1 Å². The van der Waals surface area contributed by atoms with E-state index in [0.717, 1.165) is 72.3 Å². The summed E-state index contributed by atoms with van der Waals surface area (Å²) in [5, 5.41) is 9.49. The molecule has 39 heavy (non-hydrogen) atoms. The van der Waals surface area contributed by atoms with E-state index in [-0.39, 0.29) is 24.6 Å². The molecule has 3 aliphatic heterocycles. The highest BCUT2D eigenvalue weighted by atomic mass is 16.7. The number of aliphatic hydroxyl groups is 1. The summed E-state index contributed by atoms with van der Waals surface area (Å²) in [6.45, 7) is 4.61. The molecule has 3 atom stereocenters. The smallest absolute Gasteiger partial charge is 0.184 e. The summed E-state index contributed by atoms with van der Waals surface area (Å²) in [5.74, 6) is -0.378. The highest BCUT2D eigenvalue weighted by Crippen LogP contribution is 2.39. The van der Waals surface area contributed by atoms with Gasteiger partial charge in [-0.05, 0) is 27.8 Å². The third-order valence-corrected chi connectivity index (χ3v) is 8.24. The van der Waals surface area contributed by atoms with Crippen LogP contribution in [-0.2, 0) is 32.1 Å². The molecule has 3 aromatic carbocycles. The van der Waals surface area contributed by atoms with Crippen molar-refractivity contribution in [2.75, 3.05) is 32.8 Å². The topological polar surface area (TPSA) is 86.4 Å². The van der Waals surface area contributed by atoms with Crippen molar-refractivity contribution in [1.29, 1.82) is 0 Å². The number of piperidine rings is 1. The summed E-state index contributed by atoms with van der Waals surface area (Å²) >= 11 is 0. The Balaban J connectivity index is 1.20. The van der Waals surface area contributed by atoms with Crippen molar-refractivity contribution in [1.82, 2.24) is 4.90 Å². The molecule has 0 aliphatic carbocycles. The summed E-state index contributed by atoms with van der Waals surface area (Å²) in [5.41, 5.74) is 12.4. The molecule has 0 aromatic heterocycles. The molecule has 3 fully saturated rings. The predicted molar refractivity (Wildman–Crippen MR) is 149 cm³/mol. The molecule has 0 bridgehead atoms. The van der Waals surface area contributed by atoms with Gasteiger partial charge in [-0.3, -0.25) is 0 Å². The van der Waals surface area contributed by atoms with Gasteiger partial charge in [0, 0.05) is 51.0 Å². The fraction of sp³-hybridized carbons (Fsp3) is 0.438. The van der Waals surface area contributed by atoms with Gasteiger partial charge in [0.25, 0.3) is 0 Å². The van der Waals surface area contributed by atoms with E-state index < -0.39 is 6.29 Å². The van der Waals surface area contributed by atoms with Gasteiger partial charge in [0.15, 0.2) is 12.1 Å². The molecule has 6 rings (SSSR count). The van der Waals surface area contributed by atoms with Gasteiger partial charge in [0.1, 0.15) is 0 Å². The van der Waals surface area contributed by atoms with E-state index in [9.17, 15) is 5.11 Å². The maximum atomic E-state index is 9.49. The van der Waals surface area contributed by atoms with Crippen LogP contribution in [0.4, 0.5) is 0 Å². The van der Waals surface area contributed by atoms with Crippen LogP contribution in [0.1, 0.15) is 53.9 Å². The van der Waals surface area contributed by atoms with Crippen LogP contribution >= 0.6 is 0 Å². The maximum absolute atomic E-state index is 9.49. The standard InChI is InChI=1S/C32H38N2O5/c33-20-27-3-1-2-4-29(27)24-9-11-26(12-10-24)31-38-28(19-30(39-31)25-7-5-23(22-35)6-8-25)21-34-15-13-32(14-16-34)36-17-18-37-32/h1-12,28,30-31,35H,13-22,33H2/t28-,30+,31+/m0/s1. The molecule has 1 spiro atoms. The summed E-state index contributed by atoms with van der Waals surface area (Å²) in [7, 11) is 0. The molecule has 3 aliphatic rings. The third kappa shape index (κ3) is 5.95. The molecule has 0 radical (unpaired) electrons. The van der Waals surface area contributed by atoms with Crippen molar-refractivity contribution in [3.63, 3.8) is 0 Å². The van der Waals surface area contributed by atoms with Crippen molar-refractivity contribution in [3.05, 3.63) is 95.1 Å². The number of hydrogen-bond acceptors (Lipinski definition) is 7. The number of hydrogen-bond donors (Lipinski definition) is 2. The van der Waals surface area contributed by atoms with Crippen LogP contribution in [0.15, 0.2) is 72.8 Å². The van der Waals surface area contributed by atoms with Crippen molar-refractivity contribution in [2.24, 2.45) is 5.73 Å². The van der Waals surface area contributed by atoms with Crippen LogP contribution < -0.4 is 5.73 Å². The summed E-state index contributed by atoms with van der Waals surface area (Å²) in [4.78, 5) is 2.46. The Labute approximate surface area is 230 Å². The Kier molecular flexibility index (Phi) is 8.09. The van der Waals surface area contributed by atoms with Gasteiger partial charge in [0.05, 0.1) is 32.0 Å². The second kappa shape index (κ2) is 11.9. The van der Waals surface area contributed by atoms with Gasteiger partial charge in [0.2, 0.25) is 0 Å². The van der Waals surface area contributed by atoms with E-state index in [4.69, 9.17) is 24.7 Å². The molecule has 0 unspecified atom stereocenters. The zero-order valence-corrected chi connectivity index (χ0v) is 22.3. The normalized spacial score (nSPS) is 25.2. The molecular weight excluding hydrogens is 492 g/mol. The van der Waals surface area contributed by atoms with Gasteiger partial charge in [-0.25, -0.2) is 0 Å². The largest absolute Gasteiger partial charge is 0.392 e. The molecule has 7 nitrogen and oxygen atoms in total. The van der Waals surface area contributed by atoms with Crippen molar-refractivity contribution >= 4 is 0 Å². The minimum atomic E-state index is -0.470. The zero-order chi connectivity index (χ0) is 26.7. The molecule has 3 heterocycles. The molecule has 3 saturated heterocycles. The molecule has 7 heteroatoms. The van der Waals surface area contributed by atoms with E-state index in [1.165, 1.54) is 0 Å². The summed E-state index contributed by atoms with van der Waals surface area (Å²) in [6.07, 6.45) is 1.99. The highest BCUT2D eigenvalue weighted by Gasteiger charge is 2.41. The summed E-state index contributed by atoms with van der Waals surface area (Å²) < 4.78 is 25.0. The quantitative estimate of drug-likeness (QED) is 0.458. The molecular formula is C32H38N2O5. The highest BCUT2D eigenvalue weighted by molar-refractivity contribution is 5.67. The van der Waals surface area contributed by atoms with E-state index in [1.807, 2.05) is 24.3 Å². The van der Waals surface area contributed by atoms with Crippen molar-refractivity contribution in [3.8, 4) is 11.1 Å². The lowest BCUT2D eigenvalue weighted by atomic mass is 9.97. The second-order valence-electron chi connectivity index (χ2n) is 10.7. The number of aliphatic hydroxyl groups excluding tert-OH is 1. The maximum Gasteiger partial charge on any atom is 0.184 e. The first-order valence-electron chi connectivity index (χ1n) is 14.0. The fourth-order valence-corrected chi connectivity index (χ4v) is 5.98. The number of rotatable bonds is 7. The number of benzene rings is 3. The molecule has 3 N–H and O–H groups in total. The second-order valence-corrected chi connectivity index (χ2v) is 10.7. The van der Waals surface area contributed by atoms with E-state index in [1.54, 1.807) is 0 Å². The Hall–Kier alpha value is -2.62. The van der Waals surface area contributed by atoms with Crippen LogP contribution in [0, 0.1) is 0 Å². The van der Waals surface area contributed by atoms with E-state index in [0.29, 0.717) is 19.8 Å². The monoisotopic (exact) mass is 530 g/mol. The Morgan fingerprint density at radius 2 is 1.54 bits per heavy atom. The molecule has 3 aromatic rings. The molecule has 0 amide bonds. The lowest BCUT2D eigenvalue weighted by Crippen LogP contribution is -2.48. The number of nitrogens with two attached hydrogens (primary N) is 1. The Bertz CT molecular complexity index is 1220. The van der Waals surface area contributed by atoms with Crippen molar-refractivity contribution in [2.45, 2.75) is 56.7 Å². The summed E-state index contributed by atoms with van der Waals surface area (Å²) in [6, 6.07) is 24.7. The average molecular weight is 531 g/mol. The fourth-order valence-electron chi connectivity index (χ4n) is 5.98. The van der Waals surface area contributed by atoms with Gasteiger partial charge in [-0.15, -0.1) is 0 Å². The van der Waals surface area contributed by atoms with E-state index >= 15 is 0 Å². The van der Waals surface area contributed by atoms with Crippen LogP contribution in [0.2, 0.25) is 0 Å². The number of ether oxygens (including phenoxy) is 4. The minimum absolute atomic E-state index is 0.0170. The van der Waals surface area contributed by atoms with Gasteiger partial charge in [-0.2, -0.15) is 0 Å². The molecule has 206 valence electrons. The van der Waals surface area contributed by atoms with Gasteiger partial charge < -0.3 is 34.7 Å². The predicted octanol–water partition coefficient (Wildman–Crippen LogP) is 4.69. The number of nitrogens with zero attached hydrogens (tertiary/aromatic N) is 1. The lowest BCUT2D eigenvalue weighted by Gasteiger charge is -2.41. The zero-order valence-electron chi connectivity index (χ0n) is 22.3. The van der Waals surface area contributed by atoms with Crippen LogP contribution in [-0.4, -0.2) is 54.7 Å². The lowest BCUT2D eigenvalue weighted by molar-refractivity contribution is -0.255. The Morgan fingerprint density at radius 3 is 2.23 bits per heavy atom. The Morgan fingerprint density at radius 1 is 0.846 bits per heavy atom. The average Bonchev–Trinajstić information content (AvgIpc) is 3.46. The van der Waals surface area contributed by atoms with Crippen LogP contribution in [0.3, 0.4) is 0 Å².